The Bertz CT molecular complexity index is 4430. The first-order chi connectivity index (χ1) is 59.8. The van der Waals surface area contributed by atoms with E-state index in [1.807, 2.05) is 12.2 Å². The van der Waals surface area contributed by atoms with Crippen molar-refractivity contribution in [2.75, 3.05) is 32.0 Å². The highest BCUT2D eigenvalue weighted by molar-refractivity contribution is 6.05. The zero-order valence-electron chi connectivity index (χ0n) is 71.7. The maximum atomic E-state index is 15.1. The SMILES string of the molecule is CCCCCCCCCC(=O)N[C@@H](Cc1c[nH]c2ccccc12)C(=O)C[C@@H](CC(N)=O)C(=O)N[C@@H](CC(=O)O)C(=O)C[C@@H]1C(=O)NCC(=O)C[C@@H](CCCNC(=O)OC2CC/C=C/CCC2)C(=O)N[C@@H](CC(=O)O)C(=O)C[C@H](C)C(=O)N[C@@H](CC(C)=O)C(=O)NCC(=O)N[C@H](CO)C(=O)N[C@@H]([C@@H](C)CC(=O)O)C(=O)C[C@@H](CC(=O)c2ccccc2N)C(=O)O[C@@H]1C. The van der Waals surface area contributed by atoms with E-state index in [0.29, 0.717) is 48.6 Å². The number of rotatable bonds is 39. The fourth-order valence-electron chi connectivity index (χ4n) is 14.7. The Hall–Kier alpha value is -12.5. The fraction of sp³-hybridized carbons (Fsp3) is 0.575. The number of H-pyrrole nitrogens is 1. The number of amides is 10. The molecule has 0 bridgehead atoms. The van der Waals surface area contributed by atoms with Gasteiger partial charge >= 0.3 is 30.0 Å². The monoisotopic (exact) mass is 1760 g/mol. The third-order valence-corrected chi connectivity index (χ3v) is 21.7. The number of ketones is 7. The number of anilines is 1. The number of aromatic nitrogens is 1. The number of aliphatic hydroxyl groups excluding tert-OH is 1. The van der Waals surface area contributed by atoms with Crippen LogP contribution in [0.1, 0.15) is 217 Å². The highest BCUT2D eigenvalue weighted by Gasteiger charge is 2.42. The number of nitrogens with two attached hydrogens (primary N) is 2. The number of carboxylic acid groups (broad SMARTS) is 3. The van der Waals surface area contributed by atoms with Crippen LogP contribution >= 0.6 is 0 Å². The zero-order valence-corrected chi connectivity index (χ0v) is 71.7. The van der Waals surface area contributed by atoms with Crippen LogP contribution < -0.4 is 59.3 Å². The number of Topliss-reactive ketones (excluding diaryl/α,β-unsaturated/α-hetero) is 7. The van der Waals surface area contributed by atoms with Gasteiger partial charge in [0.15, 0.2) is 34.7 Å². The number of fused-ring (bicyclic) bond motifs is 1. The summed E-state index contributed by atoms with van der Waals surface area (Å²) >= 11 is 0. The first-order valence-corrected chi connectivity index (χ1v) is 42.5. The molecule has 1 saturated heterocycles. The molecule has 10 amide bonds. The van der Waals surface area contributed by atoms with Gasteiger partial charge in [0.2, 0.25) is 53.2 Å². The molecule has 0 radical (unpaired) electrons. The van der Waals surface area contributed by atoms with E-state index in [9.17, 15) is 107 Å². The number of ether oxygens (including phenoxy) is 2. The lowest BCUT2D eigenvalue weighted by Crippen LogP contribution is -2.57. The second kappa shape index (κ2) is 53.7. The van der Waals surface area contributed by atoms with Crippen molar-refractivity contribution in [3.05, 3.63) is 78.0 Å². The lowest BCUT2D eigenvalue weighted by Gasteiger charge is -2.28. The van der Waals surface area contributed by atoms with E-state index in [0.717, 1.165) is 65.7 Å². The predicted molar refractivity (Wildman–Crippen MR) is 451 cm³/mol. The van der Waals surface area contributed by atoms with E-state index in [1.165, 1.54) is 31.2 Å². The average molecular weight is 1770 g/mol. The molecule has 2 heterocycles. The molecule has 14 atom stereocenters. The molecule has 2 aliphatic rings. The van der Waals surface area contributed by atoms with Crippen LogP contribution in [0.3, 0.4) is 0 Å². The minimum absolute atomic E-state index is 0.0178. The number of allylic oxidation sites excluding steroid dienone is 2. The molecule has 1 aromatic heterocycles. The Balaban J connectivity index is 1.63. The second-order valence-electron chi connectivity index (χ2n) is 32.3. The lowest BCUT2D eigenvalue weighted by molar-refractivity contribution is -0.160. The first-order valence-electron chi connectivity index (χ1n) is 42.5. The number of aliphatic carboxylic acids is 3. The van der Waals surface area contributed by atoms with Crippen molar-refractivity contribution in [1.82, 2.24) is 52.8 Å². The van der Waals surface area contributed by atoms with Gasteiger partial charge in [0.1, 0.15) is 30.1 Å². The topological polar surface area (TPSA) is 634 Å². The number of nitrogen functional groups attached to an aromatic ring is 1. The number of primary amides is 1. The molecule has 126 heavy (non-hydrogen) atoms. The molecule has 690 valence electrons. The van der Waals surface area contributed by atoms with Crippen LogP contribution in [-0.2, 0) is 107 Å². The number of carboxylic acids is 3. The Kier molecular flexibility index (Phi) is 44.3. The molecule has 39 heteroatoms. The summed E-state index contributed by atoms with van der Waals surface area (Å²) < 4.78 is 11.5. The molecule has 18 N–H and O–H groups in total. The van der Waals surface area contributed by atoms with E-state index in [2.05, 4.69) is 59.8 Å². The number of unbranched alkanes of at least 4 members (excludes halogenated alkanes) is 6. The molecule has 39 nitrogen and oxygen atoms in total. The van der Waals surface area contributed by atoms with Crippen molar-refractivity contribution in [1.29, 1.82) is 0 Å². The molecule has 0 spiro atoms. The van der Waals surface area contributed by atoms with Crippen LogP contribution in [0.15, 0.2) is 66.9 Å². The summed E-state index contributed by atoms with van der Waals surface area (Å²) in [6, 6.07) is 1.09. The maximum Gasteiger partial charge on any atom is 0.407 e. The molecule has 3 aromatic rings. The smallest absolute Gasteiger partial charge is 0.407 e. The average Bonchev–Trinajstić information content (AvgIpc) is 1.60. The third-order valence-electron chi connectivity index (χ3n) is 21.7. The largest absolute Gasteiger partial charge is 0.481 e. The fourth-order valence-corrected chi connectivity index (χ4v) is 14.7. The van der Waals surface area contributed by atoms with Crippen LogP contribution in [0, 0.1) is 35.5 Å². The number of carbonyl (C=O) groups excluding carboxylic acids is 18. The first kappa shape index (κ1) is 104. The number of hydrogen-bond acceptors (Lipinski definition) is 25. The summed E-state index contributed by atoms with van der Waals surface area (Å²) in [6.07, 6.45) is -0.0561. The molecular weight excluding hydrogens is 1650 g/mol. The molecule has 1 fully saturated rings. The normalized spacial score (nSPS) is 22.2. The molecule has 2 aromatic carbocycles. The van der Waals surface area contributed by atoms with Gasteiger partial charge in [-0.3, -0.25) is 95.9 Å². The van der Waals surface area contributed by atoms with E-state index < -0.39 is 298 Å². The Labute approximate surface area is 728 Å². The lowest BCUT2D eigenvalue weighted by atomic mass is 9.86. The van der Waals surface area contributed by atoms with E-state index in [-0.39, 0.29) is 43.5 Å². The third kappa shape index (κ3) is 36.8. The number of nitrogens with one attached hydrogen (secondary N) is 10. The maximum absolute atomic E-state index is 15.1. The van der Waals surface area contributed by atoms with Gasteiger partial charge in [-0.25, -0.2) is 4.79 Å². The van der Waals surface area contributed by atoms with Crippen molar-refractivity contribution in [2.45, 2.75) is 256 Å². The van der Waals surface area contributed by atoms with Crippen LogP contribution in [0.25, 0.3) is 10.9 Å². The number of benzene rings is 2. The number of alkyl carbamates (subject to hydrolysis) is 1. The molecule has 1 aliphatic heterocycles. The predicted octanol–water partition coefficient (Wildman–Crippen LogP) is 2.99. The van der Waals surface area contributed by atoms with Gasteiger partial charge in [-0.05, 0) is 94.9 Å². The second-order valence-corrected chi connectivity index (χ2v) is 32.3. The number of aliphatic hydroxyl groups is 1. The minimum atomic E-state index is -2.22. The van der Waals surface area contributed by atoms with Crippen molar-refractivity contribution < 1.29 is 131 Å². The van der Waals surface area contributed by atoms with Gasteiger partial charge in [0, 0.05) is 111 Å². The summed E-state index contributed by atoms with van der Waals surface area (Å²) in [5, 5.41) is 62.7. The van der Waals surface area contributed by atoms with Crippen molar-refractivity contribution >= 4 is 140 Å². The number of carbonyl (C=O) groups is 21. The molecule has 0 saturated carbocycles. The van der Waals surface area contributed by atoms with Crippen LogP contribution in [0.5, 0.6) is 0 Å². The van der Waals surface area contributed by atoms with E-state index in [1.54, 1.807) is 30.5 Å². The number of cyclic esters (lactones) is 1. The number of para-hydroxylation sites is 2. The summed E-state index contributed by atoms with van der Waals surface area (Å²) in [4.78, 5) is 295. The van der Waals surface area contributed by atoms with Crippen LogP contribution in [0.4, 0.5) is 10.5 Å². The Morgan fingerprint density at radius 1 is 0.619 bits per heavy atom. The van der Waals surface area contributed by atoms with Crippen LogP contribution in [-0.4, -0.2) is 224 Å². The highest BCUT2D eigenvalue weighted by Crippen LogP contribution is 2.28. The zero-order chi connectivity index (χ0) is 93.3. The van der Waals surface area contributed by atoms with Gasteiger partial charge in [-0.2, -0.15) is 0 Å². The van der Waals surface area contributed by atoms with Gasteiger partial charge < -0.3 is 94.2 Å². The number of hydrogen-bond donors (Lipinski definition) is 16. The molecule has 1 unspecified atom stereocenters. The quantitative estimate of drug-likeness (QED) is 0.0128. The van der Waals surface area contributed by atoms with Crippen molar-refractivity contribution in [3.8, 4) is 0 Å². The van der Waals surface area contributed by atoms with Crippen molar-refractivity contribution in [3.63, 3.8) is 0 Å². The van der Waals surface area contributed by atoms with Crippen molar-refractivity contribution in [2.24, 2.45) is 41.2 Å². The van der Waals surface area contributed by atoms with Gasteiger partial charge in [0.25, 0.3) is 0 Å². The van der Waals surface area contributed by atoms with E-state index in [4.69, 9.17) is 20.9 Å². The molecular formula is C87H120N12O27. The summed E-state index contributed by atoms with van der Waals surface area (Å²) in [5.41, 5.74) is 12.7. The molecule has 1 aliphatic carbocycles. The minimum Gasteiger partial charge on any atom is -0.481 e. The summed E-state index contributed by atoms with van der Waals surface area (Å²) in [7, 11) is 0. The molecule has 5 rings (SSSR count). The van der Waals surface area contributed by atoms with Gasteiger partial charge in [-0.15, -0.1) is 0 Å². The highest BCUT2D eigenvalue weighted by atomic mass is 16.6. The van der Waals surface area contributed by atoms with Gasteiger partial charge in [0.05, 0.1) is 80.9 Å². The van der Waals surface area contributed by atoms with Gasteiger partial charge in [-0.1, -0.05) is 102 Å². The Morgan fingerprint density at radius 3 is 1.96 bits per heavy atom. The van der Waals surface area contributed by atoms with Crippen LogP contribution in [0.2, 0.25) is 0 Å². The summed E-state index contributed by atoms with van der Waals surface area (Å²) in [6.45, 7) is 2.82. The van der Waals surface area contributed by atoms with E-state index >= 15 is 14.4 Å². The number of esters is 1. The Morgan fingerprint density at radius 2 is 1.29 bits per heavy atom. The standard InChI is InChI=1S/C87H120N12O27/c1-6-7-8-9-10-14-17-30-74(109)94-63(36-55-44-91-62-29-21-19-26-58(55)62)70(105)37-53(40-73(89)108)82(119)97-65(43-78(115)116)71(106)41-60-51(5)125-86(123)54(38-68(103)59-27-18-20-28-61(59)88)39-72(107)79(48(2)33-76(111)112)99-85(122)67(47-100)95-75(110)46-93-84(121)66(34-50(4)101)98-80(117)49(3)32-69(104)64(42-77(113)114)96-81(118)52(35-56(102)45-92-83(60)120)23-22-31-90-87(124)126-57-24-15-12-11-13-16-25-57/h11-12,18-21,26-29,44,48-49,51-54,57,60,63-67,79,91,100H,6-10,13-17,22-25,30-43,45-47,88H2,1-5H3,(H2,89,108)(H,90,124)(H,92,120)(H,93,121)(H,94,109)(H,95,110)(H,96,118)(H,97,119)(H,98,117)(H,99,122)(H,111,112)(H,113,114)(H,115,116)/b12-11+/t48-,49-,51+,52+,53-,54+,57?,60-,63-,64-,65-,66-,67+,79-/m0/s1. The number of aromatic amines is 1. The summed E-state index contributed by atoms with van der Waals surface area (Å²) in [5.74, 6) is -34.6.